The number of nitrogens with zero attached hydrogens (tertiary/aromatic N) is 2. The van der Waals surface area contributed by atoms with E-state index < -0.39 is 0 Å². The van der Waals surface area contributed by atoms with Crippen LogP contribution in [0.25, 0.3) is 0 Å². The summed E-state index contributed by atoms with van der Waals surface area (Å²) in [6.45, 7) is 6.11. The molecule has 1 aliphatic rings. The van der Waals surface area contributed by atoms with Gasteiger partial charge in [-0.05, 0) is 0 Å². The largest absolute Gasteiger partial charge is 0.354 e. The molecule has 3 heteroatoms. The zero-order valence-corrected chi connectivity index (χ0v) is 7.31. The number of likely N-dealkylation sites (N-methyl/N-ethyl adjacent to an activating group) is 1. The average molecular weight is 143 g/mol. The Hall–Kier alpha value is -0.730. The van der Waals surface area contributed by atoms with Gasteiger partial charge in [-0.2, -0.15) is 0 Å². The highest BCUT2D eigenvalue weighted by Gasteiger charge is 2.10. The first kappa shape index (κ1) is 9.27. The highest BCUT2D eigenvalue weighted by atomic mass is 15.3. The van der Waals surface area contributed by atoms with Crippen molar-refractivity contribution in [2.45, 2.75) is 13.8 Å². The average Bonchev–Trinajstić information content (AvgIpc) is 2.39. The van der Waals surface area contributed by atoms with Crippen LogP contribution < -0.4 is 5.32 Å². The van der Waals surface area contributed by atoms with E-state index in [9.17, 15) is 0 Å². The van der Waals surface area contributed by atoms with Gasteiger partial charge in [0.05, 0.1) is 0 Å². The molecule has 0 aromatic rings. The molecule has 1 rings (SSSR count). The van der Waals surface area contributed by atoms with Crippen molar-refractivity contribution in [3.8, 4) is 0 Å². The Labute approximate surface area is 63.1 Å². The van der Waals surface area contributed by atoms with Crippen LogP contribution in [0.2, 0.25) is 0 Å². The van der Waals surface area contributed by atoms with Gasteiger partial charge >= 0.3 is 0 Å². The molecule has 60 valence electrons. The minimum atomic E-state index is 1.00. The van der Waals surface area contributed by atoms with Gasteiger partial charge in [0.2, 0.25) is 0 Å². The zero-order chi connectivity index (χ0) is 7.98. The highest BCUT2D eigenvalue weighted by Crippen LogP contribution is 1.89. The van der Waals surface area contributed by atoms with Crippen LogP contribution in [0.5, 0.6) is 0 Å². The van der Waals surface area contributed by atoms with E-state index in [2.05, 4.69) is 15.2 Å². The van der Waals surface area contributed by atoms with Crippen LogP contribution >= 0.6 is 0 Å². The molecule has 1 saturated heterocycles. The van der Waals surface area contributed by atoms with Crippen LogP contribution in [-0.2, 0) is 0 Å². The van der Waals surface area contributed by atoms with Crippen LogP contribution in [0.4, 0.5) is 0 Å². The Morgan fingerprint density at radius 2 is 2.10 bits per heavy atom. The summed E-state index contributed by atoms with van der Waals surface area (Å²) >= 11 is 0. The Balaban J connectivity index is 0.000000371. The lowest BCUT2D eigenvalue weighted by atomic mass is 10.7. The molecule has 0 saturated carbocycles. The molecule has 0 atom stereocenters. The standard InChI is InChI=1S/C5H11N3.C2H6/c1-6-5-7-3-4-8(5)2;1-2/h3-4H2,1-2H3,(H,6,7);1-2H3. The van der Waals surface area contributed by atoms with Gasteiger partial charge < -0.3 is 10.2 Å². The van der Waals surface area contributed by atoms with Crippen molar-refractivity contribution in [2.24, 2.45) is 4.99 Å². The first-order chi connectivity index (χ1) is 4.84. The van der Waals surface area contributed by atoms with Crippen molar-refractivity contribution in [1.82, 2.24) is 10.2 Å². The lowest BCUT2D eigenvalue weighted by molar-refractivity contribution is 0.562. The predicted molar refractivity (Wildman–Crippen MR) is 45.3 cm³/mol. The molecule has 0 spiro atoms. The van der Waals surface area contributed by atoms with E-state index in [0.29, 0.717) is 0 Å². The fraction of sp³-hybridized carbons (Fsp3) is 0.857. The molecule has 0 radical (unpaired) electrons. The van der Waals surface area contributed by atoms with E-state index in [-0.39, 0.29) is 0 Å². The van der Waals surface area contributed by atoms with Crippen molar-refractivity contribution in [3.05, 3.63) is 0 Å². The van der Waals surface area contributed by atoms with Crippen molar-refractivity contribution in [1.29, 1.82) is 0 Å². The molecular formula is C7H17N3. The second-order valence-electron chi connectivity index (χ2n) is 1.90. The van der Waals surface area contributed by atoms with E-state index in [1.165, 1.54) is 0 Å². The quantitative estimate of drug-likeness (QED) is 0.536. The lowest BCUT2D eigenvalue weighted by Crippen LogP contribution is -2.25. The summed E-state index contributed by atoms with van der Waals surface area (Å²) in [5.74, 6) is 1.00. The maximum absolute atomic E-state index is 4.00. The summed E-state index contributed by atoms with van der Waals surface area (Å²) in [7, 11) is 3.83. The van der Waals surface area contributed by atoms with E-state index >= 15 is 0 Å². The third-order valence-electron chi connectivity index (χ3n) is 1.30. The number of rotatable bonds is 0. The van der Waals surface area contributed by atoms with Crippen LogP contribution in [0.15, 0.2) is 4.99 Å². The van der Waals surface area contributed by atoms with Gasteiger partial charge in [-0.15, -0.1) is 0 Å². The molecule has 0 bridgehead atoms. The van der Waals surface area contributed by atoms with Crippen LogP contribution in [-0.4, -0.2) is 38.0 Å². The molecule has 3 nitrogen and oxygen atoms in total. The first-order valence-electron chi connectivity index (χ1n) is 3.76. The summed E-state index contributed by atoms with van der Waals surface area (Å²) < 4.78 is 0. The zero-order valence-electron chi connectivity index (χ0n) is 7.31. The predicted octanol–water partition coefficient (Wildman–Crippen LogP) is 0.533. The number of hydrogen-bond donors (Lipinski definition) is 1. The second-order valence-corrected chi connectivity index (χ2v) is 1.90. The number of hydrogen-bond acceptors (Lipinski definition) is 1. The molecule has 0 aromatic carbocycles. The maximum Gasteiger partial charge on any atom is 0.193 e. The second kappa shape index (κ2) is 5.09. The van der Waals surface area contributed by atoms with Gasteiger partial charge in [0.15, 0.2) is 5.96 Å². The van der Waals surface area contributed by atoms with Crippen molar-refractivity contribution < 1.29 is 0 Å². The Morgan fingerprint density at radius 1 is 1.50 bits per heavy atom. The van der Waals surface area contributed by atoms with Gasteiger partial charge in [0.25, 0.3) is 0 Å². The molecular weight excluding hydrogens is 126 g/mol. The van der Waals surface area contributed by atoms with Crippen molar-refractivity contribution in [3.63, 3.8) is 0 Å². The molecule has 0 unspecified atom stereocenters. The van der Waals surface area contributed by atoms with E-state index in [0.717, 1.165) is 19.0 Å². The fourth-order valence-electron chi connectivity index (χ4n) is 0.826. The fourth-order valence-corrected chi connectivity index (χ4v) is 0.826. The van der Waals surface area contributed by atoms with E-state index in [4.69, 9.17) is 0 Å². The topological polar surface area (TPSA) is 27.6 Å². The van der Waals surface area contributed by atoms with Gasteiger partial charge in [0, 0.05) is 27.2 Å². The van der Waals surface area contributed by atoms with Crippen molar-refractivity contribution in [2.75, 3.05) is 27.2 Å². The smallest absolute Gasteiger partial charge is 0.193 e. The van der Waals surface area contributed by atoms with Crippen LogP contribution in [0, 0.1) is 0 Å². The number of guanidine groups is 1. The van der Waals surface area contributed by atoms with Crippen LogP contribution in [0.1, 0.15) is 13.8 Å². The third kappa shape index (κ3) is 2.25. The number of aliphatic imine (C=N–C) groups is 1. The van der Waals surface area contributed by atoms with Gasteiger partial charge in [0.1, 0.15) is 0 Å². The molecule has 1 fully saturated rings. The molecule has 0 amide bonds. The van der Waals surface area contributed by atoms with E-state index in [1.807, 2.05) is 20.9 Å². The van der Waals surface area contributed by atoms with Crippen LogP contribution in [0.3, 0.4) is 0 Å². The summed E-state index contributed by atoms with van der Waals surface area (Å²) in [6, 6.07) is 0. The summed E-state index contributed by atoms with van der Waals surface area (Å²) in [4.78, 5) is 6.10. The summed E-state index contributed by atoms with van der Waals surface area (Å²) in [5, 5.41) is 3.13. The SMILES string of the molecule is CC.CN=C1NCCN1C. The maximum atomic E-state index is 4.00. The Kier molecular flexibility index (Phi) is 4.72. The first-order valence-corrected chi connectivity index (χ1v) is 3.76. The lowest BCUT2D eigenvalue weighted by Gasteiger charge is -2.07. The molecule has 10 heavy (non-hydrogen) atoms. The highest BCUT2D eigenvalue weighted by molar-refractivity contribution is 5.81. The van der Waals surface area contributed by atoms with E-state index in [1.54, 1.807) is 7.05 Å². The monoisotopic (exact) mass is 143 g/mol. The van der Waals surface area contributed by atoms with Gasteiger partial charge in [-0.3, -0.25) is 4.99 Å². The Morgan fingerprint density at radius 3 is 2.30 bits per heavy atom. The summed E-state index contributed by atoms with van der Waals surface area (Å²) in [5.41, 5.74) is 0. The molecule has 1 heterocycles. The summed E-state index contributed by atoms with van der Waals surface area (Å²) in [6.07, 6.45) is 0. The minimum absolute atomic E-state index is 1.00. The number of nitrogens with one attached hydrogen (secondary N) is 1. The molecule has 1 aliphatic heterocycles. The Bertz CT molecular complexity index is 109. The third-order valence-corrected chi connectivity index (χ3v) is 1.30. The van der Waals surface area contributed by atoms with Gasteiger partial charge in [-0.25, -0.2) is 0 Å². The molecule has 1 N–H and O–H groups in total. The van der Waals surface area contributed by atoms with Crippen molar-refractivity contribution >= 4 is 5.96 Å². The molecule has 0 aromatic heterocycles. The molecule has 0 aliphatic carbocycles. The minimum Gasteiger partial charge on any atom is -0.354 e. The van der Waals surface area contributed by atoms with Gasteiger partial charge in [-0.1, -0.05) is 13.8 Å². The normalized spacial score (nSPS) is 20.0.